The topological polar surface area (TPSA) is 66.5 Å². The lowest BCUT2D eigenvalue weighted by Crippen LogP contribution is -2.44. The maximum absolute atomic E-state index is 13.3. The zero-order chi connectivity index (χ0) is 23.7. The second-order valence-electron chi connectivity index (χ2n) is 7.38. The molecule has 1 N–H and O–H groups in total. The molecule has 0 bridgehead atoms. The van der Waals surface area contributed by atoms with Gasteiger partial charge >= 0.3 is 6.18 Å². The second-order valence-corrected chi connectivity index (χ2v) is 10.6. The Morgan fingerprint density at radius 1 is 1.09 bits per heavy atom. The molecule has 174 valence electrons. The zero-order valence-electron chi connectivity index (χ0n) is 16.4. The SMILES string of the molecule is O=C(Nc1ccc(Cl)cc1C(F)(F)F)C1CCCN(S(=O)(=O)Cc2ccc(Cl)c(Cl)c2)C1. The number of benzene rings is 2. The fourth-order valence-corrected chi connectivity index (χ4v) is 5.53. The normalized spacial score (nSPS) is 17.9. The van der Waals surface area contributed by atoms with Gasteiger partial charge in [-0.2, -0.15) is 13.2 Å². The number of halogens is 6. The molecule has 5 nitrogen and oxygen atoms in total. The molecule has 1 aliphatic heterocycles. The van der Waals surface area contributed by atoms with Gasteiger partial charge in [0.1, 0.15) is 0 Å². The first-order valence-electron chi connectivity index (χ1n) is 9.46. The third-order valence-electron chi connectivity index (χ3n) is 5.03. The summed E-state index contributed by atoms with van der Waals surface area (Å²) in [5.41, 5.74) is -1.07. The molecule has 2 aromatic rings. The molecule has 0 aliphatic carbocycles. The molecule has 1 aliphatic rings. The first kappa shape index (κ1) is 25.1. The standard InChI is InChI=1S/C20H18Cl3F3N2O3S/c21-14-4-6-18(15(9-14)20(24,25)26)27-19(29)13-2-1-7-28(10-13)32(30,31)11-12-3-5-16(22)17(23)8-12/h3-6,8-9,13H,1-2,7,10-11H2,(H,27,29). The van der Waals surface area contributed by atoms with Gasteiger partial charge < -0.3 is 5.32 Å². The van der Waals surface area contributed by atoms with Crippen molar-refractivity contribution < 1.29 is 26.4 Å². The summed E-state index contributed by atoms with van der Waals surface area (Å²) >= 11 is 17.5. The van der Waals surface area contributed by atoms with Crippen molar-refractivity contribution in [1.29, 1.82) is 0 Å². The zero-order valence-corrected chi connectivity index (χ0v) is 19.5. The number of carbonyl (C=O) groups is 1. The number of hydrogen-bond acceptors (Lipinski definition) is 3. The van der Waals surface area contributed by atoms with E-state index in [-0.39, 0.29) is 28.9 Å². The average Bonchev–Trinajstić information content (AvgIpc) is 2.71. The lowest BCUT2D eigenvalue weighted by Gasteiger charge is -2.31. The fraction of sp³-hybridized carbons (Fsp3) is 0.350. The van der Waals surface area contributed by atoms with Crippen molar-refractivity contribution in [2.24, 2.45) is 5.92 Å². The van der Waals surface area contributed by atoms with Gasteiger partial charge in [0.15, 0.2) is 0 Å². The summed E-state index contributed by atoms with van der Waals surface area (Å²) in [5.74, 6) is -1.83. The molecule has 32 heavy (non-hydrogen) atoms. The summed E-state index contributed by atoms with van der Waals surface area (Å²) in [5, 5.41) is 2.68. The molecule has 2 aromatic carbocycles. The highest BCUT2D eigenvalue weighted by atomic mass is 35.5. The number of rotatable bonds is 5. The molecule has 0 saturated carbocycles. The summed E-state index contributed by atoms with van der Waals surface area (Å²) in [6.07, 6.45) is -3.97. The number of alkyl halides is 3. The quantitative estimate of drug-likeness (QED) is 0.529. The van der Waals surface area contributed by atoms with Crippen LogP contribution in [-0.2, 0) is 26.7 Å². The van der Waals surface area contributed by atoms with Crippen LogP contribution in [0.25, 0.3) is 0 Å². The van der Waals surface area contributed by atoms with Gasteiger partial charge in [-0.3, -0.25) is 4.79 Å². The van der Waals surface area contributed by atoms with E-state index in [1.165, 1.54) is 22.5 Å². The highest BCUT2D eigenvalue weighted by Gasteiger charge is 2.36. The number of piperidine rings is 1. The second kappa shape index (κ2) is 9.77. The largest absolute Gasteiger partial charge is 0.418 e. The van der Waals surface area contributed by atoms with Gasteiger partial charge in [0, 0.05) is 18.1 Å². The van der Waals surface area contributed by atoms with E-state index in [0.717, 1.165) is 12.1 Å². The molecule has 1 unspecified atom stereocenters. The van der Waals surface area contributed by atoms with E-state index in [9.17, 15) is 26.4 Å². The van der Waals surface area contributed by atoms with Crippen LogP contribution < -0.4 is 5.32 Å². The van der Waals surface area contributed by atoms with Crippen LogP contribution in [0.5, 0.6) is 0 Å². The van der Waals surface area contributed by atoms with Crippen molar-refractivity contribution in [3.8, 4) is 0 Å². The van der Waals surface area contributed by atoms with Crippen molar-refractivity contribution in [3.05, 3.63) is 62.6 Å². The Bertz CT molecular complexity index is 1130. The summed E-state index contributed by atoms with van der Waals surface area (Å²) in [6, 6.07) is 7.53. The average molecular weight is 530 g/mol. The molecule has 0 radical (unpaired) electrons. The minimum absolute atomic E-state index is 0.118. The molecular formula is C20H18Cl3F3N2O3S. The van der Waals surface area contributed by atoms with Crippen LogP contribution in [0.1, 0.15) is 24.0 Å². The molecule has 1 amide bonds. The lowest BCUT2D eigenvalue weighted by molar-refractivity contribution is -0.137. The first-order valence-corrected chi connectivity index (χ1v) is 12.2. The number of hydrogen-bond donors (Lipinski definition) is 1. The van der Waals surface area contributed by atoms with Crippen LogP contribution in [-0.4, -0.2) is 31.7 Å². The Kier molecular flexibility index (Phi) is 7.66. The van der Waals surface area contributed by atoms with E-state index in [0.29, 0.717) is 23.4 Å². The molecular weight excluding hydrogens is 512 g/mol. The van der Waals surface area contributed by atoms with Crippen molar-refractivity contribution >= 4 is 56.4 Å². The lowest BCUT2D eigenvalue weighted by atomic mass is 9.98. The number of anilines is 1. The Morgan fingerprint density at radius 2 is 1.81 bits per heavy atom. The van der Waals surface area contributed by atoms with E-state index >= 15 is 0 Å². The highest BCUT2D eigenvalue weighted by Crippen LogP contribution is 2.37. The van der Waals surface area contributed by atoms with Crippen LogP contribution in [0.3, 0.4) is 0 Å². The van der Waals surface area contributed by atoms with Gasteiger partial charge in [-0.15, -0.1) is 0 Å². The number of carbonyl (C=O) groups excluding carboxylic acids is 1. The number of nitrogens with zero attached hydrogens (tertiary/aromatic N) is 1. The predicted molar refractivity (Wildman–Crippen MR) is 118 cm³/mol. The van der Waals surface area contributed by atoms with Crippen molar-refractivity contribution in [1.82, 2.24) is 4.31 Å². The number of sulfonamides is 1. The van der Waals surface area contributed by atoms with Gasteiger partial charge in [0.2, 0.25) is 15.9 Å². The Labute approximate surface area is 198 Å². The molecule has 1 fully saturated rings. The Morgan fingerprint density at radius 3 is 2.47 bits per heavy atom. The molecule has 3 rings (SSSR count). The molecule has 12 heteroatoms. The molecule has 0 spiro atoms. The smallest absolute Gasteiger partial charge is 0.325 e. The van der Waals surface area contributed by atoms with E-state index < -0.39 is 39.3 Å². The van der Waals surface area contributed by atoms with E-state index in [1.54, 1.807) is 6.07 Å². The van der Waals surface area contributed by atoms with Gasteiger partial charge in [0.05, 0.1) is 33.0 Å². The predicted octanol–water partition coefficient (Wildman–Crippen LogP) is 5.85. The number of nitrogens with one attached hydrogen (secondary N) is 1. The van der Waals surface area contributed by atoms with Crippen molar-refractivity contribution in [2.45, 2.75) is 24.8 Å². The van der Waals surface area contributed by atoms with Crippen LogP contribution in [0, 0.1) is 5.92 Å². The molecule has 0 aromatic heterocycles. The monoisotopic (exact) mass is 528 g/mol. The van der Waals surface area contributed by atoms with Gasteiger partial charge in [-0.25, -0.2) is 12.7 Å². The van der Waals surface area contributed by atoms with E-state index in [1.807, 2.05) is 0 Å². The molecule has 1 atom stereocenters. The fourth-order valence-electron chi connectivity index (χ4n) is 3.44. The van der Waals surface area contributed by atoms with Crippen LogP contribution >= 0.6 is 34.8 Å². The summed E-state index contributed by atoms with van der Waals surface area (Å²) in [6.45, 7) is 0.0760. The summed E-state index contributed by atoms with van der Waals surface area (Å²) in [7, 11) is -3.79. The Hall–Kier alpha value is -1.52. The summed E-state index contributed by atoms with van der Waals surface area (Å²) in [4.78, 5) is 12.7. The van der Waals surface area contributed by atoms with Gasteiger partial charge in [0.25, 0.3) is 0 Å². The minimum Gasteiger partial charge on any atom is -0.325 e. The highest BCUT2D eigenvalue weighted by molar-refractivity contribution is 7.88. The third-order valence-corrected chi connectivity index (χ3v) is 7.82. The summed E-state index contributed by atoms with van der Waals surface area (Å²) < 4.78 is 66.7. The third kappa shape index (κ3) is 6.08. The van der Waals surface area contributed by atoms with Crippen molar-refractivity contribution in [2.75, 3.05) is 18.4 Å². The van der Waals surface area contributed by atoms with Crippen LogP contribution in [0.4, 0.5) is 18.9 Å². The first-order chi connectivity index (χ1) is 14.9. The van der Waals surface area contributed by atoms with Gasteiger partial charge in [-0.05, 0) is 48.7 Å². The molecule has 1 heterocycles. The maximum Gasteiger partial charge on any atom is 0.418 e. The number of amides is 1. The van der Waals surface area contributed by atoms with E-state index in [4.69, 9.17) is 34.8 Å². The van der Waals surface area contributed by atoms with Crippen LogP contribution in [0.2, 0.25) is 15.1 Å². The van der Waals surface area contributed by atoms with Crippen molar-refractivity contribution in [3.63, 3.8) is 0 Å². The Balaban J connectivity index is 1.73. The maximum atomic E-state index is 13.3. The molecule has 1 saturated heterocycles. The van der Waals surface area contributed by atoms with Crippen LogP contribution in [0.15, 0.2) is 36.4 Å². The van der Waals surface area contributed by atoms with Gasteiger partial charge in [-0.1, -0.05) is 40.9 Å². The van der Waals surface area contributed by atoms with E-state index in [2.05, 4.69) is 5.32 Å². The minimum atomic E-state index is -4.71.